The summed E-state index contributed by atoms with van der Waals surface area (Å²) in [7, 11) is 0. The third kappa shape index (κ3) is 56.6. The van der Waals surface area contributed by atoms with Crippen LogP contribution >= 0.6 is 0 Å². The molecule has 0 aliphatic rings. The highest BCUT2D eigenvalue weighted by Gasteiger charge is 2.19. The smallest absolute Gasteiger partial charge is 0.306 e. The Labute approximate surface area is 437 Å². The maximum atomic E-state index is 12.9. The molecule has 0 saturated heterocycles. The molecule has 0 aromatic carbocycles. The van der Waals surface area contributed by atoms with Crippen LogP contribution in [-0.2, 0) is 28.6 Å². The molecule has 0 radical (unpaired) electrons. The van der Waals surface area contributed by atoms with Crippen LogP contribution in [0.2, 0.25) is 0 Å². The zero-order chi connectivity index (χ0) is 51.4. The Morgan fingerprint density at radius 1 is 0.296 bits per heavy atom. The normalized spacial score (nSPS) is 13.0. The minimum Gasteiger partial charge on any atom is -0.462 e. The molecule has 0 rings (SSSR count). The lowest BCUT2D eigenvalue weighted by Gasteiger charge is -2.18. The number of hydrogen-bond donors (Lipinski definition) is 0. The number of allylic oxidation sites excluding steroid dienone is 20. The van der Waals surface area contributed by atoms with Gasteiger partial charge >= 0.3 is 17.9 Å². The number of hydrogen-bond acceptors (Lipinski definition) is 6. The van der Waals surface area contributed by atoms with Gasteiger partial charge in [-0.15, -0.1) is 0 Å². The van der Waals surface area contributed by atoms with Gasteiger partial charge < -0.3 is 14.2 Å². The first-order valence-corrected chi connectivity index (χ1v) is 29.2. The minimum atomic E-state index is -0.816. The molecule has 1 unspecified atom stereocenters. The predicted octanol–water partition coefficient (Wildman–Crippen LogP) is 19.6. The SMILES string of the molecule is CC\C=C/C=C\C=C/C=C\C=C\C=C/CCCCCC(=O)OCC(COC(=O)CCCCCCC/C=C\C=C/CCCCCCCCC)OC(=O)CCCCCCC/C=C\C=C/CCCCCCCCC. The molecule has 402 valence electrons. The van der Waals surface area contributed by atoms with E-state index in [1.807, 2.05) is 60.8 Å². The van der Waals surface area contributed by atoms with E-state index in [9.17, 15) is 14.4 Å². The van der Waals surface area contributed by atoms with Gasteiger partial charge in [0.15, 0.2) is 6.10 Å². The first-order valence-electron chi connectivity index (χ1n) is 29.2. The van der Waals surface area contributed by atoms with Crippen molar-refractivity contribution >= 4 is 17.9 Å². The number of ether oxygens (including phenoxy) is 3. The number of carbonyl (C=O) groups excluding carboxylic acids is 3. The van der Waals surface area contributed by atoms with Crippen molar-refractivity contribution in [3.63, 3.8) is 0 Å². The van der Waals surface area contributed by atoms with Gasteiger partial charge in [-0.2, -0.15) is 0 Å². The predicted molar refractivity (Wildman–Crippen MR) is 306 cm³/mol. The van der Waals surface area contributed by atoms with Crippen LogP contribution in [0.4, 0.5) is 0 Å². The van der Waals surface area contributed by atoms with Gasteiger partial charge in [-0.25, -0.2) is 0 Å². The van der Waals surface area contributed by atoms with E-state index < -0.39 is 6.10 Å². The lowest BCUT2D eigenvalue weighted by atomic mass is 10.1. The zero-order valence-corrected chi connectivity index (χ0v) is 45.9. The van der Waals surface area contributed by atoms with E-state index in [2.05, 4.69) is 81.5 Å². The number of unbranched alkanes of at least 4 members (excludes halogenated alkanes) is 27. The maximum Gasteiger partial charge on any atom is 0.306 e. The second kappa shape index (κ2) is 58.4. The highest BCUT2D eigenvalue weighted by atomic mass is 16.6. The Balaban J connectivity index is 4.55. The molecule has 6 heteroatoms. The fourth-order valence-corrected chi connectivity index (χ4v) is 7.75. The van der Waals surface area contributed by atoms with E-state index in [1.54, 1.807) is 0 Å². The Morgan fingerprint density at radius 2 is 0.549 bits per heavy atom. The van der Waals surface area contributed by atoms with Crippen molar-refractivity contribution in [1.29, 1.82) is 0 Å². The van der Waals surface area contributed by atoms with E-state index in [0.29, 0.717) is 19.3 Å². The standard InChI is InChI=1S/C65H106O6/c1-4-7-10-13-16-19-22-25-28-31-34-37-40-43-46-49-52-55-58-64(67)70-61-62(60-69-63(66)57-54-51-48-45-42-39-36-33-30-27-24-21-18-15-12-9-6-3)71-65(68)59-56-53-50-47-44-41-38-35-32-29-26-23-20-17-14-11-8-5-2/h9,12,15,18,21,24,27-39,42,62H,4-8,10-11,13-14,16-17,19-20,22-23,25-26,40-41,43-61H2,1-3H3/b12-9-,18-15-,24-21-,30-27-,31-28-,32-29-,36-33+,37-34-,38-35-,42-39-. The summed E-state index contributed by atoms with van der Waals surface area (Å²) in [6.07, 6.45) is 80.4. The van der Waals surface area contributed by atoms with Crippen molar-refractivity contribution in [3.8, 4) is 0 Å². The molecule has 0 N–H and O–H groups in total. The third-order valence-electron chi connectivity index (χ3n) is 12.1. The monoisotopic (exact) mass is 983 g/mol. The third-order valence-corrected chi connectivity index (χ3v) is 12.1. The second-order valence-electron chi connectivity index (χ2n) is 19.0. The van der Waals surface area contributed by atoms with Crippen molar-refractivity contribution in [1.82, 2.24) is 0 Å². The molecule has 1 atom stereocenters. The summed E-state index contributed by atoms with van der Waals surface area (Å²) in [5.74, 6) is -0.984. The van der Waals surface area contributed by atoms with E-state index in [4.69, 9.17) is 14.2 Å². The molecule has 0 amide bonds. The molecule has 0 spiro atoms. The van der Waals surface area contributed by atoms with E-state index in [0.717, 1.165) is 109 Å². The quantitative estimate of drug-likeness (QED) is 0.0261. The van der Waals surface area contributed by atoms with Gasteiger partial charge in [-0.1, -0.05) is 264 Å². The number of esters is 3. The summed E-state index contributed by atoms with van der Waals surface area (Å²) >= 11 is 0. The van der Waals surface area contributed by atoms with Crippen LogP contribution in [0.25, 0.3) is 0 Å². The lowest BCUT2D eigenvalue weighted by molar-refractivity contribution is -0.167. The van der Waals surface area contributed by atoms with Crippen molar-refractivity contribution in [3.05, 3.63) is 122 Å². The lowest BCUT2D eigenvalue weighted by Crippen LogP contribution is -2.30. The summed E-state index contributed by atoms with van der Waals surface area (Å²) in [6.45, 7) is 6.42. The molecule has 0 aliphatic carbocycles. The summed E-state index contributed by atoms with van der Waals surface area (Å²) in [4.78, 5) is 38.2. The average Bonchev–Trinajstić information content (AvgIpc) is 3.37. The van der Waals surface area contributed by atoms with Crippen molar-refractivity contribution in [2.45, 2.75) is 258 Å². The van der Waals surface area contributed by atoms with E-state index in [-0.39, 0.29) is 31.1 Å². The van der Waals surface area contributed by atoms with Gasteiger partial charge in [0.1, 0.15) is 13.2 Å². The Kier molecular flexibility index (Phi) is 54.9. The molecular weight excluding hydrogens is 877 g/mol. The van der Waals surface area contributed by atoms with Crippen molar-refractivity contribution in [2.24, 2.45) is 0 Å². The molecule has 0 saturated carbocycles. The molecular formula is C65H106O6. The van der Waals surface area contributed by atoms with Gasteiger partial charge in [-0.3, -0.25) is 14.4 Å². The summed E-state index contributed by atoms with van der Waals surface area (Å²) in [5.41, 5.74) is 0. The van der Waals surface area contributed by atoms with Gasteiger partial charge in [0.05, 0.1) is 0 Å². The summed E-state index contributed by atoms with van der Waals surface area (Å²) in [6, 6.07) is 0. The van der Waals surface area contributed by atoms with E-state index in [1.165, 1.54) is 103 Å². The van der Waals surface area contributed by atoms with Crippen LogP contribution in [0.15, 0.2) is 122 Å². The topological polar surface area (TPSA) is 78.9 Å². The van der Waals surface area contributed by atoms with Crippen LogP contribution in [-0.4, -0.2) is 37.2 Å². The van der Waals surface area contributed by atoms with Gasteiger partial charge in [0, 0.05) is 19.3 Å². The molecule has 0 bridgehead atoms. The first-order chi connectivity index (χ1) is 35.0. The van der Waals surface area contributed by atoms with Crippen LogP contribution < -0.4 is 0 Å². The highest BCUT2D eigenvalue weighted by Crippen LogP contribution is 2.14. The largest absolute Gasteiger partial charge is 0.462 e. The number of carbonyl (C=O) groups is 3. The average molecular weight is 984 g/mol. The summed E-state index contributed by atoms with van der Waals surface area (Å²) < 4.78 is 16.8. The fourth-order valence-electron chi connectivity index (χ4n) is 7.75. The second-order valence-corrected chi connectivity index (χ2v) is 19.0. The fraction of sp³-hybridized carbons (Fsp3) is 0.646. The highest BCUT2D eigenvalue weighted by molar-refractivity contribution is 5.71. The molecule has 0 fully saturated rings. The Hall–Kier alpha value is -4.19. The minimum absolute atomic E-state index is 0.110. The number of rotatable bonds is 51. The van der Waals surface area contributed by atoms with E-state index >= 15 is 0 Å². The Morgan fingerprint density at radius 3 is 0.887 bits per heavy atom. The summed E-state index contributed by atoms with van der Waals surface area (Å²) in [5, 5.41) is 0. The van der Waals surface area contributed by atoms with Crippen LogP contribution in [0.3, 0.4) is 0 Å². The van der Waals surface area contributed by atoms with Crippen LogP contribution in [0, 0.1) is 0 Å². The van der Waals surface area contributed by atoms with Crippen LogP contribution in [0.5, 0.6) is 0 Å². The van der Waals surface area contributed by atoms with Crippen LogP contribution in [0.1, 0.15) is 252 Å². The van der Waals surface area contributed by atoms with Gasteiger partial charge in [0.25, 0.3) is 0 Å². The molecule has 0 aromatic heterocycles. The molecule has 0 aromatic rings. The zero-order valence-electron chi connectivity index (χ0n) is 45.9. The molecule has 6 nitrogen and oxygen atoms in total. The molecule has 0 heterocycles. The maximum absolute atomic E-state index is 12.9. The molecule has 0 aliphatic heterocycles. The van der Waals surface area contributed by atoms with Gasteiger partial charge in [-0.05, 0) is 89.9 Å². The van der Waals surface area contributed by atoms with Gasteiger partial charge in [0.2, 0.25) is 0 Å². The van der Waals surface area contributed by atoms with Crippen molar-refractivity contribution in [2.75, 3.05) is 13.2 Å². The molecule has 71 heavy (non-hydrogen) atoms. The van der Waals surface area contributed by atoms with Crippen molar-refractivity contribution < 1.29 is 28.6 Å². The Bertz CT molecular complexity index is 1500. The first kappa shape index (κ1) is 66.8.